The molecule has 0 saturated heterocycles. The normalized spacial score (nSPS) is 12.9. The molecule has 0 atom stereocenters. The minimum absolute atomic E-state index is 0. The summed E-state index contributed by atoms with van der Waals surface area (Å²) in [4.78, 5) is 31.8. The van der Waals surface area contributed by atoms with E-state index in [1.54, 1.807) is 30.9 Å². The number of benzene rings is 2. The Morgan fingerprint density at radius 3 is 2.53 bits per heavy atom. The number of nitrogens with one attached hydrogen (secondary N) is 2. The lowest BCUT2D eigenvalue weighted by Gasteiger charge is -2.29. The van der Waals surface area contributed by atoms with Gasteiger partial charge in [-0.1, -0.05) is 24.3 Å². The molecule has 9 heteroatoms. The number of rotatable bonds is 7. The minimum atomic E-state index is -0.0302. The van der Waals surface area contributed by atoms with Gasteiger partial charge in [-0.3, -0.25) is 14.6 Å². The zero-order valence-corrected chi connectivity index (χ0v) is 21.0. The number of anilines is 1. The summed E-state index contributed by atoms with van der Waals surface area (Å²) in [6.07, 6.45) is 0.766. The zero-order chi connectivity index (χ0) is 22.2. The first-order valence-electron chi connectivity index (χ1n) is 10.3. The summed E-state index contributed by atoms with van der Waals surface area (Å²) in [5, 5.41) is 6.53. The largest absolute Gasteiger partial charge is 0.482 e. The van der Waals surface area contributed by atoms with Gasteiger partial charge in [-0.15, -0.1) is 24.0 Å². The molecule has 0 fully saturated rings. The van der Waals surface area contributed by atoms with Crippen LogP contribution in [0.25, 0.3) is 0 Å². The Morgan fingerprint density at radius 2 is 1.84 bits per heavy atom. The van der Waals surface area contributed by atoms with Crippen molar-refractivity contribution in [2.75, 3.05) is 45.7 Å². The van der Waals surface area contributed by atoms with Crippen LogP contribution in [0.1, 0.15) is 22.3 Å². The molecule has 0 bridgehead atoms. The summed E-state index contributed by atoms with van der Waals surface area (Å²) in [5.41, 5.74) is 2.53. The molecule has 0 aliphatic carbocycles. The fraction of sp³-hybridized carbons (Fsp3) is 0.348. The summed E-state index contributed by atoms with van der Waals surface area (Å²) < 4.78 is 5.48. The van der Waals surface area contributed by atoms with Crippen molar-refractivity contribution in [1.82, 2.24) is 15.5 Å². The number of carbonyl (C=O) groups excluding carboxylic acids is 2. The second kappa shape index (κ2) is 12.3. The zero-order valence-electron chi connectivity index (χ0n) is 18.6. The molecule has 0 aromatic heterocycles. The van der Waals surface area contributed by atoms with E-state index in [0.717, 1.165) is 23.4 Å². The van der Waals surface area contributed by atoms with Crippen LogP contribution < -0.4 is 20.3 Å². The number of para-hydroxylation sites is 2. The third-order valence-electron chi connectivity index (χ3n) is 4.95. The third kappa shape index (κ3) is 6.59. The summed E-state index contributed by atoms with van der Waals surface area (Å²) in [6, 6.07) is 15.1. The lowest BCUT2D eigenvalue weighted by atomic mass is 10.1. The number of ether oxygens (including phenoxy) is 1. The van der Waals surface area contributed by atoms with Crippen LogP contribution in [0.4, 0.5) is 5.69 Å². The predicted octanol–water partition coefficient (Wildman–Crippen LogP) is 2.49. The Labute approximate surface area is 206 Å². The lowest BCUT2D eigenvalue weighted by molar-refractivity contribution is -0.121. The van der Waals surface area contributed by atoms with E-state index in [1.165, 1.54) is 0 Å². The van der Waals surface area contributed by atoms with Gasteiger partial charge in [-0.2, -0.15) is 0 Å². The molecule has 2 amide bonds. The van der Waals surface area contributed by atoms with E-state index < -0.39 is 0 Å². The van der Waals surface area contributed by atoms with Crippen molar-refractivity contribution in [3.05, 3.63) is 59.7 Å². The minimum Gasteiger partial charge on any atom is -0.482 e. The van der Waals surface area contributed by atoms with Crippen LogP contribution in [0.15, 0.2) is 53.5 Å². The fourth-order valence-electron chi connectivity index (χ4n) is 3.27. The van der Waals surface area contributed by atoms with Crippen LogP contribution in [0.5, 0.6) is 5.75 Å². The van der Waals surface area contributed by atoms with E-state index in [9.17, 15) is 9.59 Å². The molecule has 0 unspecified atom stereocenters. The number of aliphatic imine (C=N–C) groups is 1. The molecule has 1 aliphatic rings. The van der Waals surface area contributed by atoms with E-state index in [0.29, 0.717) is 31.2 Å². The van der Waals surface area contributed by atoms with E-state index in [2.05, 4.69) is 15.6 Å². The first kappa shape index (κ1) is 25.4. The van der Waals surface area contributed by atoms with Gasteiger partial charge in [0, 0.05) is 46.3 Å². The number of amides is 2. The number of hydrogen-bond acceptors (Lipinski definition) is 4. The molecule has 2 aromatic rings. The highest BCUT2D eigenvalue weighted by molar-refractivity contribution is 14.0. The standard InChI is InChI=1S/C23H29N5O3.HI/c1-24-23(26-15-17-9-11-18(12-10-17)22(30)27(2)3)25-13-6-14-28-19-7-4-5-8-20(19)31-16-21(28)29;/h4-5,7-12H,6,13-16H2,1-3H3,(H2,24,25,26);1H. The maximum absolute atomic E-state index is 12.2. The number of halogens is 1. The topological polar surface area (TPSA) is 86.3 Å². The number of carbonyl (C=O) groups is 2. The smallest absolute Gasteiger partial charge is 0.265 e. The fourth-order valence-corrected chi connectivity index (χ4v) is 3.27. The first-order valence-corrected chi connectivity index (χ1v) is 10.3. The third-order valence-corrected chi connectivity index (χ3v) is 4.95. The number of hydrogen-bond donors (Lipinski definition) is 2. The molecule has 2 N–H and O–H groups in total. The van der Waals surface area contributed by atoms with E-state index in [1.807, 2.05) is 48.5 Å². The van der Waals surface area contributed by atoms with E-state index >= 15 is 0 Å². The van der Waals surface area contributed by atoms with Crippen molar-refractivity contribution in [1.29, 1.82) is 0 Å². The molecule has 0 spiro atoms. The van der Waals surface area contributed by atoms with Crippen molar-refractivity contribution in [2.24, 2.45) is 4.99 Å². The van der Waals surface area contributed by atoms with E-state index in [-0.39, 0.29) is 42.4 Å². The average Bonchev–Trinajstić information content (AvgIpc) is 2.79. The van der Waals surface area contributed by atoms with Crippen LogP contribution >= 0.6 is 24.0 Å². The summed E-state index contributed by atoms with van der Waals surface area (Å²) in [6.45, 7) is 1.94. The van der Waals surface area contributed by atoms with Crippen molar-refractivity contribution in [2.45, 2.75) is 13.0 Å². The molecule has 1 heterocycles. The quantitative estimate of drug-likeness (QED) is 0.239. The van der Waals surface area contributed by atoms with Crippen molar-refractivity contribution >= 4 is 47.4 Å². The van der Waals surface area contributed by atoms with Crippen LogP contribution in [0, 0.1) is 0 Å². The summed E-state index contributed by atoms with van der Waals surface area (Å²) in [7, 11) is 5.19. The Morgan fingerprint density at radius 1 is 1.12 bits per heavy atom. The SMILES string of the molecule is CN=C(NCCCN1C(=O)COc2ccccc21)NCc1ccc(C(=O)N(C)C)cc1.I. The van der Waals surface area contributed by atoms with Gasteiger partial charge in [0.1, 0.15) is 5.75 Å². The van der Waals surface area contributed by atoms with Gasteiger partial charge in [0.2, 0.25) is 0 Å². The second-order valence-corrected chi connectivity index (χ2v) is 7.40. The number of fused-ring (bicyclic) bond motifs is 1. The Hall–Kier alpha value is -2.82. The number of guanidine groups is 1. The van der Waals surface area contributed by atoms with Gasteiger partial charge >= 0.3 is 0 Å². The summed E-state index contributed by atoms with van der Waals surface area (Å²) >= 11 is 0. The van der Waals surface area contributed by atoms with Crippen LogP contribution in [-0.2, 0) is 11.3 Å². The first-order chi connectivity index (χ1) is 15.0. The monoisotopic (exact) mass is 551 g/mol. The van der Waals surface area contributed by atoms with Gasteiger partial charge in [0.25, 0.3) is 11.8 Å². The Bertz CT molecular complexity index is 947. The summed E-state index contributed by atoms with van der Waals surface area (Å²) in [5.74, 6) is 1.38. The Kier molecular flexibility index (Phi) is 9.76. The molecule has 32 heavy (non-hydrogen) atoms. The molecular formula is C23H30IN5O3. The molecule has 8 nitrogen and oxygen atoms in total. The average molecular weight is 551 g/mol. The Balaban J connectivity index is 0.00000363. The highest BCUT2D eigenvalue weighted by Crippen LogP contribution is 2.31. The molecule has 1 aliphatic heterocycles. The van der Waals surface area contributed by atoms with Crippen LogP contribution in [0.3, 0.4) is 0 Å². The van der Waals surface area contributed by atoms with Crippen LogP contribution in [-0.4, -0.2) is 63.5 Å². The van der Waals surface area contributed by atoms with Crippen LogP contribution in [0.2, 0.25) is 0 Å². The molecule has 3 rings (SSSR count). The molecule has 0 radical (unpaired) electrons. The maximum atomic E-state index is 12.2. The predicted molar refractivity (Wildman–Crippen MR) is 137 cm³/mol. The lowest BCUT2D eigenvalue weighted by Crippen LogP contribution is -2.42. The highest BCUT2D eigenvalue weighted by atomic mass is 127. The molecule has 2 aromatic carbocycles. The van der Waals surface area contributed by atoms with Crippen molar-refractivity contribution in [3.63, 3.8) is 0 Å². The molecule has 0 saturated carbocycles. The van der Waals surface area contributed by atoms with Crippen molar-refractivity contribution < 1.29 is 14.3 Å². The molecular weight excluding hydrogens is 521 g/mol. The van der Waals surface area contributed by atoms with E-state index in [4.69, 9.17) is 4.74 Å². The highest BCUT2D eigenvalue weighted by Gasteiger charge is 2.24. The number of nitrogens with zero attached hydrogens (tertiary/aromatic N) is 3. The van der Waals surface area contributed by atoms with Gasteiger partial charge in [-0.05, 0) is 36.2 Å². The molecule has 172 valence electrons. The van der Waals surface area contributed by atoms with Gasteiger partial charge in [-0.25, -0.2) is 0 Å². The van der Waals surface area contributed by atoms with Gasteiger partial charge in [0.15, 0.2) is 12.6 Å². The van der Waals surface area contributed by atoms with Gasteiger partial charge in [0.05, 0.1) is 5.69 Å². The maximum Gasteiger partial charge on any atom is 0.265 e. The van der Waals surface area contributed by atoms with Gasteiger partial charge < -0.3 is 25.2 Å². The van der Waals surface area contributed by atoms with Crippen molar-refractivity contribution in [3.8, 4) is 5.75 Å². The second-order valence-electron chi connectivity index (χ2n) is 7.40.